The van der Waals surface area contributed by atoms with Gasteiger partial charge in [0.25, 0.3) is 0 Å². The van der Waals surface area contributed by atoms with E-state index in [-0.39, 0.29) is 6.61 Å². The highest BCUT2D eigenvalue weighted by atomic mass is 16.5. The van der Waals surface area contributed by atoms with Crippen molar-refractivity contribution in [3.63, 3.8) is 0 Å². The van der Waals surface area contributed by atoms with Crippen LogP contribution in [0.5, 0.6) is 6.01 Å². The third-order valence-electron chi connectivity index (χ3n) is 6.77. The van der Waals surface area contributed by atoms with E-state index in [1.165, 1.54) is 6.42 Å². The highest BCUT2D eigenvalue weighted by Crippen LogP contribution is 2.37. The van der Waals surface area contributed by atoms with Crippen molar-refractivity contribution in [1.82, 2.24) is 19.3 Å². The number of aliphatic hydroxyl groups is 1. The first kappa shape index (κ1) is 23.0. The van der Waals surface area contributed by atoms with Gasteiger partial charge in [0, 0.05) is 30.4 Å². The summed E-state index contributed by atoms with van der Waals surface area (Å²) < 4.78 is 8.23. The molecule has 0 radical (unpaired) electrons. The maximum absolute atomic E-state index is 9.65. The van der Waals surface area contributed by atoms with E-state index in [1.807, 2.05) is 41.8 Å². The second-order valence-corrected chi connectivity index (χ2v) is 9.31. The van der Waals surface area contributed by atoms with Crippen molar-refractivity contribution in [2.24, 2.45) is 5.92 Å². The summed E-state index contributed by atoms with van der Waals surface area (Å²) in [5, 5.41) is 18.9. The minimum absolute atomic E-state index is 0.00520. The van der Waals surface area contributed by atoms with E-state index in [4.69, 9.17) is 9.72 Å². The molecule has 1 aliphatic heterocycles. The highest BCUT2D eigenvalue weighted by Gasteiger charge is 2.22. The topological polar surface area (TPSA) is 86.7 Å². The Bertz CT molecular complexity index is 1390. The van der Waals surface area contributed by atoms with Gasteiger partial charge in [-0.2, -0.15) is 10.2 Å². The van der Waals surface area contributed by atoms with Crippen molar-refractivity contribution in [3.05, 3.63) is 71.5 Å². The molecule has 0 unspecified atom stereocenters. The van der Waals surface area contributed by atoms with Gasteiger partial charge in [0.1, 0.15) is 0 Å². The first-order valence-corrected chi connectivity index (χ1v) is 12.0. The van der Waals surface area contributed by atoms with Crippen molar-refractivity contribution < 1.29 is 9.84 Å². The summed E-state index contributed by atoms with van der Waals surface area (Å²) >= 11 is 0. The zero-order valence-corrected chi connectivity index (χ0v) is 20.1. The zero-order valence-electron chi connectivity index (χ0n) is 20.1. The minimum Gasteiger partial charge on any atom is -0.464 e. The summed E-state index contributed by atoms with van der Waals surface area (Å²) in [5.74, 6) is 0.459. The molecule has 178 valence electrons. The SMILES string of the molecule is Cc1cc(-c2c(-c3ccc(C#N)cc3)nc(OC[C@@H]3CCCN(C)C3)n3ccnc23)ccc1CO. The minimum atomic E-state index is -0.00520. The summed E-state index contributed by atoms with van der Waals surface area (Å²) in [4.78, 5) is 12.0. The molecule has 2 aromatic carbocycles. The maximum Gasteiger partial charge on any atom is 0.302 e. The molecule has 7 heteroatoms. The number of hydrogen-bond acceptors (Lipinski definition) is 6. The smallest absolute Gasteiger partial charge is 0.302 e. The number of fused-ring (bicyclic) bond motifs is 1. The molecule has 1 fully saturated rings. The lowest BCUT2D eigenvalue weighted by Crippen LogP contribution is -2.35. The number of imidazole rings is 1. The van der Waals surface area contributed by atoms with Gasteiger partial charge < -0.3 is 14.7 Å². The van der Waals surface area contributed by atoms with Crippen LogP contribution < -0.4 is 4.74 Å². The Balaban J connectivity index is 1.63. The van der Waals surface area contributed by atoms with E-state index in [0.717, 1.165) is 58.7 Å². The van der Waals surface area contributed by atoms with Crippen molar-refractivity contribution in [1.29, 1.82) is 5.26 Å². The Kier molecular flexibility index (Phi) is 6.49. The van der Waals surface area contributed by atoms with Gasteiger partial charge >= 0.3 is 6.01 Å². The van der Waals surface area contributed by atoms with Gasteiger partial charge in [0.2, 0.25) is 0 Å². The molecule has 0 saturated carbocycles. The third kappa shape index (κ3) is 4.63. The van der Waals surface area contributed by atoms with Crippen LogP contribution in [0.1, 0.15) is 29.5 Å². The lowest BCUT2D eigenvalue weighted by Gasteiger charge is -2.29. The molecule has 0 spiro atoms. The lowest BCUT2D eigenvalue weighted by molar-refractivity contribution is 0.143. The Morgan fingerprint density at radius 1 is 1.17 bits per heavy atom. The number of hydrogen-bond donors (Lipinski definition) is 1. The fourth-order valence-electron chi connectivity index (χ4n) is 4.86. The summed E-state index contributed by atoms with van der Waals surface area (Å²) in [6, 6.07) is 16.1. The van der Waals surface area contributed by atoms with Crippen LogP contribution in [0.2, 0.25) is 0 Å². The number of likely N-dealkylation sites (tertiary alicyclic amines) is 1. The van der Waals surface area contributed by atoms with Crippen LogP contribution in [-0.2, 0) is 6.61 Å². The standard InChI is InChI=1S/C28H29N5O2/c1-19-14-23(9-10-24(19)17-34)25-26(22-7-5-20(15-29)6-8-22)31-28(33-13-11-30-27(25)33)35-18-21-4-3-12-32(2)16-21/h5-11,13-14,21,34H,3-4,12,16-18H2,1-2H3/t21-/m1/s1. The fraction of sp³-hybridized carbons (Fsp3) is 0.321. The van der Waals surface area contributed by atoms with Gasteiger partial charge in [-0.25, -0.2) is 4.98 Å². The highest BCUT2D eigenvalue weighted by molar-refractivity contribution is 5.90. The monoisotopic (exact) mass is 467 g/mol. The molecule has 0 bridgehead atoms. The Hall–Kier alpha value is -3.73. The van der Waals surface area contributed by atoms with Crippen molar-refractivity contribution in [2.45, 2.75) is 26.4 Å². The summed E-state index contributed by atoms with van der Waals surface area (Å²) in [6.07, 6.45) is 5.97. The molecule has 2 aromatic heterocycles. The molecular weight excluding hydrogens is 438 g/mol. The fourth-order valence-corrected chi connectivity index (χ4v) is 4.86. The number of ether oxygens (including phenoxy) is 1. The van der Waals surface area contributed by atoms with Gasteiger partial charge in [-0.05, 0) is 62.2 Å². The van der Waals surface area contributed by atoms with Crippen LogP contribution in [0, 0.1) is 24.2 Å². The number of rotatable bonds is 6. The average Bonchev–Trinajstić information content (AvgIpc) is 3.37. The van der Waals surface area contributed by atoms with E-state index in [1.54, 1.807) is 18.3 Å². The number of aromatic nitrogens is 3. The number of benzene rings is 2. The predicted octanol–water partition coefficient (Wildman–Crippen LogP) is 4.46. The molecule has 1 N–H and O–H groups in total. The molecular formula is C28H29N5O2. The average molecular weight is 468 g/mol. The molecule has 1 atom stereocenters. The molecule has 0 amide bonds. The molecule has 0 aliphatic carbocycles. The molecule has 3 heterocycles. The number of nitriles is 1. The molecule has 1 saturated heterocycles. The first-order chi connectivity index (χ1) is 17.1. The van der Waals surface area contributed by atoms with Crippen LogP contribution in [0.4, 0.5) is 0 Å². The predicted molar refractivity (Wildman–Crippen MR) is 135 cm³/mol. The van der Waals surface area contributed by atoms with E-state index in [2.05, 4.69) is 29.1 Å². The van der Waals surface area contributed by atoms with Crippen LogP contribution in [0.15, 0.2) is 54.9 Å². The second kappa shape index (κ2) is 9.87. The largest absolute Gasteiger partial charge is 0.464 e. The van der Waals surface area contributed by atoms with Gasteiger partial charge in [-0.1, -0.05) is 30.3 Å². The van der Waals surface area contributed by atoms with Gasteiger partial charge in [0.15, 0.2) is 5.65 Å². The van der Waals surface area contributed by atoms with E-state index in [0.29, 0.717) is 24.1 Å². The summed E-state index contributed by atoms with van der Waals surface area (Å²) in [7, 11) is 2.15. The molecule has 5 rings (SSSR count). The van der Waals surface area contributed by atoms with E-state index in [9.17, 15) is 10.4 Å². The molecule has 4 aromatic rings. The van der Waals surface area contributed by atoms with E-state index >= 15 is 0 Å². The van der Waals surface area contributed by atoms with Gasteiger partial charge in [-0.3, -0.25) is 4.40 Å². The Labute approximate surface area is 205 Å². The Morgan fingerprint density at radius 2 is 1.97 bits per heavy atom. The number of aliphatic hydroxyl groups excluding tert-OH is 1. The van der Waals surface area contributed by atoms with Crippen molar-refractivity contribution in [2.75, 3.05) is 26.7 Å². The Morgan fingerprint density at radius 3 is 2.69 bits per heavy atom. The van der Waals surface area contributed by atoms with Crippen LogP contribution in [0.3, 0.4) is 0 Å². The number of piperidine rings is 1. The number of nitrogens with zero attached hydrogens (tertiary/aromatic N) is 5. The molecule has 7 nitrogen and oxygen atoms in total. The number of aryl methyl sites for hydroxylation is 1. The zero-order chi connectivity index (χ0) is 24.4. The lowest BCUT2D eigenvalue weighted by atomic mass is 9.96. The first-order valence-electron chi connectivity index (χ1n) is 12.0. The van der Waals surface area contributed by atoms with Crippen LogP contribution in [-0.4, -0.2) is 51.1 Å². The summed E-state index contributed by atoms with van der Waals surface area (Å²) in [5.41, 5.74) is 6.72. The molecule has 1 aliphatic rings. The quantitative estimate of drug-likeness (QED) is 0.451. The maximum atomic E-state index is 9.65. The normalized spacial score (nSPS) is 16.3. The second-order valence-electron chi connectivity index (χ2n) is 9.31. The summed E-state index contributed by atoms with van der Waals surface area (Å²) in [6.45, 7) is 4.73. The van der Waals surface area contributed by atoms with E-state index < -0.39 is 0 Å². The van der Waals surface area contributed by atoms with Crippen molar-refractivity contribution in [3.8, 4) is 34.5 Å². The third-order valence-corrected chi connectivity index (χ3v) is 6.77. The van der Waals surface area contributed by atoms with Crippen LogP contribution >= 0.6 is 0 Å². The van der Waals surface area contributed by atoms with Gasteiger partial charge in [-0.15, -0.1) is 0 Å². The van der Waals surface area contributed by atoms with Crippen molar-refractivity contribution >= 4 is 5.65 Å². The van der Waals surface area contributed by atoms with Gasteiger partial charge in [0.05, 0.1) is 36.1 Å². The van der Waals surface area contributed by atoms with Crippen LogP contribution in [0.25, 0.3) is 28.0 Å². The molecule has 35 heavy (non-hydrogen) atoms.